The van der Waals surface area contributed by atoms with Crippen LogP contribution in [-0.4, -0.2) is 18.6 Å². The Morgan fingerprint density at radius 3 is 2.62 bits per heavy atom. The summed E-state index contributed by atoms with van der Waals surface area (Å²) >= 11 is 6.14. The van der Waals surface area contributed by atoms with Crippen molar-refractivity contribution in [1.82, 2.24) is 0 Å². The highest BCUT2D eigenvalue weighted by Gasteiger charge is 2.37. The van der Waals surface area contributed by atoms with Gasteiger partial charge in [-0.1, -0.05) is 6.42 Å². The second-order valence-electron chi connectivity index (χ2n) is 4.54. The van der Waals surface area contributed by atoms with Gasteiger partial charge in [0.15, 0.2) is 0 Å². The Morgan fingerprint density at radius 2 is 2.00 bits per heavy atom. The van der Waals surface area contributed by atoms with Gasteiger partial charge in [-0.2, -0.15) is 0 Å². The van der Waals surface area contributed by atoms with Crippen LogP contribution in [0.5, 0.6) is 0 Å². The van der Waals surface area contributed by atoms with Crippen LogP contribution in [0, 0.1) is 11.8 Å². The summed E-state index contributed by atoms with van der Waals surface area (Å²) in [4.78, 5) is 0. The summed E-state index contributed by atoms with van der Waals surface area (Å²) in [7, 11) is 1.86. The Bertz CT molecular complexity index is 171. The molecule has 0 heterocycles. The first-order valence-electron chi connectivity index (χ1n) is 5.48. The normalized spacial score (nSPS) is 45.7. The molecule has 0 saturated heterocycles. The van der Waals surface area contributed by atoms with E-state index in [1.165, 1.54) is 38.5 Å². The molecule has 0 radical (unpaired) electrons. The molecule has 0 N–H and O–H groups in total. The zero-order valence-corrected chi connectivity index (χ0v) is 9.09. The third-order valence-electron chi connectivity index (χ3n) is 3.82. The summed E-state index contributed by atoms with van der Waals surface area (Å²) < 4.78 is 5.53. The maximum absolute atomic E-state index is 6.14. The largest absolute Gasteiger partial charge is 0.381 e. The number of hydrogen-bond acceptors (Lipinski definition) is 1. The lowest BCUT2D eigenvalue weighted by molar-refractivity contribution is 0.0486. The molecule has 0 amide bonds. The van der Waals surface area contributed by atoms with E-state index in [4.69, 9.17) is 16.3 Å². The van der Waals surface area contributed by atoms with Crippen molar-refractivity contribution in [2.24, 2.45) is 11.8 Å². The molecule has 0 aromatic heterocycles. The Morgan fingerprint density at radius 1 is 1.15 bits per heavy atom. The van der Waals surface area contributed by atoms with Crippen LogP contribution in [0.15, 0.2) is 0 Å². The summed E-state index contributed by atoms with van der Waals surface area (Å²) in [5.74, 6) is 1.67. The van der Waals surface area contributed by atoms with Crippen LogP contribution >= 0.6 is 11.6 Å². The van der Waals surface area contributed by atoms with Gasteiger partial charge in [-0.15, -0.1) is 11.6 Å². The van der Waals surface area contributed by atoms with Crippen molar-refractivity contribution in [3.05, 3.63) is 0 Å². The maximum atomic E-state index is 6.14. The molecule has 2 fully saturated rings. The number of hydrogen-bond donors (Lipinski definition) is 0. The number of halogens is 1. The highest BCUT2D eigenvalue weighted by Crippen LogP contribution is 2.42. The predicted octanol–water partition coefficient (Wildman–Crippen LogP) is 3.21. The highest BCUT2D eigenvalue weighted by atomic mass is 35.5. The summed E-state index contributed by atoms with van der Waals surface area (Å²) in [6, 6.07) is 0. The average Bonchev–Trinajstić information content (AvgIpc) is 2.71. The molecule has 2 aliphatic carbocycles. The van der Waals surface area contributed by atoms with E-state index in [0.717, 1.165) is 11.8 Å². The van der Waals surface area contributed by atoms with E-state index in [-0.39, 0.29) is 0 Å². The first kappa shape index (κ1) is 9.79. The van der Waals surface area contributed by atoms with Gasteiger partial charge in [0.2, 0.25) is 0 Å². The molecule has 2 aliphatic rings. The molecule has 2 rings (SSSR count). The lowest BCUT2D eigenvalue weighted by Gasteiger charge is -2.24. The topological polar surface area (TPSA) is 9.23 Å². The van der Waals surface area contributed by atoms with Crippen molar-refractivity contribution >= 4 is 11.6 Å². The van der Waals surface area contributed by atoms with E-state index in [0.29, 0.717) is 11.5 Å². The average molecular weight is 203 g/mol. The minimum Gasteiger partial charge on any atom is -0.381 e. The fourth-order valence-corrected chi connectivity index (χ4v) is 3.49. The minimum absolute atomic E-state index is 0.447. The Kier molecular flexibility index (Phi) is 3.15. The molecule has 76 valence electrons. The van der Waals surface area contributed by atoms with E-state index in [1.807, 2.05) is 7.11 Å². The van der Waals surface area contributed by atoms with Crippen molar-refractivity contribution in [3.63, 3.8) is 0 Å². The Hall–Kier alpha value is 0.250. The van der Waals surface area contributed by atoms with E-state index in [1.54, 1.807) is 0 Å². The number of ether oxygens (including phenoxy) is 1. The first-order chi connectivity index (χ1) is 6.31. The van der Waals surface area contributed by atoms with Crippen molar-refractivity contribution < 1.29 is 4.74 Å². The molecule has 2 saturated carbocycles. The molecule has 4 unspecified atom stereocenters. The fraction of sp³-hybridized carbons (Fsp3) is 1.00. The van der Waals surface area contributed by atoms with Crippen molar-refractivity contribution in [1.29, 1.82) is 0 Å². The predicted molar refractivity (Wildman–Crippen MR) is 55.1 cm³/mol. The van der Waals surface area contributed by atoms with Crippen LogP contribution in [0.3, 0.4) is 0 Å². The van der Waals surface area contributed by atoms with Crippen molar-refractivity contribution in [2.45, 2.75) is 50.0 Å². The number of rotatable bonds is 2. The molecule has 13 heavy (non-hydrogen) atoms. The number of methoxy groups -OCH3 is 1. The first-order valence-corrected chi connectivity index (χ1v) is 5.91. The van der Waals surface area contributed by atoms with Gasteiger partial charge >= 0.3 is 0 Å². The van der Waals surface area contributed by atoms with Crippen LogP contribution in [0.2, 0.25) is 0 Å². The molecule has 0 spiro atoms. The standard InChI is InChI=1S/C11H19ClO/c1-13-11-4-2-3-10(11)8-5-6-9(12)7-8/h8-11H,2-7H2,1H3. The van der Waals surface area contributed by atoms with Gasteiger partial charge in [0.25, 0.3) is 0 Å². The van der Waals surface area contributed by atoms with Crippen LogP contribution in [0.25, 0.3) is 0 Å². The van der Waals surface area contributed by atoms with Crippen molar-refractivity contribution in [2.75, 3.05) is 7.11 Å². The molecule has 0 bridgehead atoms. The van der Waals surface area contributed by atoms with Crippen LogP contribution in [0.1, 0.15) is 38.5 Å². The van der Waals surface area contributed by atoms with Crippen molar-refractivity contribution in [3.8, 4) is 0 Å². The number of alkyl halides is 1. The summed E-state index contributed by atoms with van der Waals surface area (Å²) in [5.41, 5.74) is 0. The lowest BCUT2D eigenvalue weighted by Crippen LogP contribution is -2.23. The quantitative estimate of drug-likeness (QED) is 0.625. The van der Waals surface area contributed by atoms with Crippen LogP contribution in [-0.2, 0) is 4.74 Å². The molecule has 4 atom stereocenters. The SMILES string of the molecule is COC1CCCC1C1CCC(Cl)C1. The van der Waals surface area contributed by atoms with Gasteiger partial charge < -0.3 is 4.74 Å². The molecule has 0 aromatic carbocycles. The third-order valence-corrected chi connectivity index (χ3v) is 4.22. The zero-order valence-electron chi connectivity index (χ0n) is 8.34. The third kappa shape index (κ3) is 2.02. The Labute approximate surface area is 85.8 Å². The molecule has 0 aromatic rings. The van der Waals surface area contributed by atoms with Crippen LogP contribution in [0.4, 0.5) is 0 Å². The van der Waals surface area contributed by atoms with Gasteiger partial charge in [-0.05, 0) is 43.9 Å². The van der Waals surface area contributed by atoms with Gasteiger partial charge in [0, 0.05) is 12.5 Å². The molecule has 2 heteroatoms. The van der Waals surface area contributed by atoms with Gasteiger partial charge in [-0.3, -0.25) is 0 Å². The second-order valence-corrected chi connectivity index (χ2v) is 5.16. The van der Waals surface area contributed by atoms with E-state index in [9.17, 15) is 0 Å². The summed E-state index contributed by atoms with van der Waals surface area (Å²) in [6.07, 6.45) is 8.31. The Balaban J connectivity index is 1.92. The molecular weight excluding hydrogens is 184 g/mol. The highest BCUT2D eigenvalue weighted by molar-refractivity contribution is 6.20. The summed E-state index contributed by atoms with van der Waals surface area (Å²) in [6.45, 7) is 0. The summed E-state index contributed by atoms with van der Waals surface area (Å²) in [5, 5.41) is 0.447. The molecule has 0 aliphatic heterocycles. The second kappa shape index (κ2) is 4.18. The lowest BCUT2D eigenvalue weighted by atomic mass is 9.88. The molecular formula is C11H19ClO. The van der Waals surface area contributed by atoms with Crippen LogP contribution < -0.4 is 0 Å². The smallest absolute Gasteiger partial charge is 0.0602 e. The minimum atomic E-state index is 0.447. The van der Waals surface area contributed by atoms with Gasteiger partial charge in [-0.25, -0.2) is 0 Å². The molecule has 1 nitrogen and oxygen atoms in total. The van der Waals surface area contributed by atoms with Gasteiger partial charge in [0.05, 0.1) is 6.10 Å². The zero-order chi connectivity index (χ0) is 9.26. The monoisotopic (exact) mass is 202 g/mol. The van der Waals surface area contributed by atoms with E-state index < -0.39 is 0 Å². The van der Waals surface area contributed by atoms with E-state index >= 15 is 0 Å². The maximum Gasteiger partial charge on any atom is 0.0602 e. The van der Waals surface area contributed by atoms with Gasteiger partial charge in [0.1, 0.15) is 0 Å². The fourth-order valence-electron chi connectivity index (χ4n) is 3.13. The van der Waals surface area contributed by atoms with E-state index in [2.05, 4.69) is 0 Å².